The minimum atomic E-state index is -0.240. The van der Waals surface area contributed by atoms with E-state index in [1.807, 2.05) is 6.92 Å². The first-order valence-electron chi connectivity index (χ1n) is 6.35. The normalized spacial score (nSPS) is 21.1. The summed E-state index contributed by atoms with van der Waals surface area (Å²) >= 11 is 0. The highest BCUT2D eigenvalue weighted by atomic mass is 19.1. The molecule has 98 valence electrons. The number of nitrogens with two attached hydrogens (primary N) is 1. The molecular formula is C14H19FN2O. The Bertz CT molecular complexity index is 436. The van der Waals surface area contributed by atoms with E-state index in [2.05, 4.69) is 0 Å². The van der Waals surface area contributed by atoms with Crippen molar-refractivity contribution in [3.05, 3.63) is 35.6 Å². The van der Waals surface area contributed by atoms with E-state index in [0.29, 0.717) is 18.5 Å². The van der Waals surface area contributed by atoms with E-state index in [0.717, 1.165) is 13.0 Å². The summed E-state index contributed by atoms with van der Waals surface area (Å²) in [5.74, 6) is -0.367. The van der Waals surface area contributed by atoms with Crippen LogP contribution in [0.3, 0.4) is 0 Å². The molecule has 1 heterocycles. The molecule has 0 bridgehead atoms. The van der Waals surface area contributed by atoms with Gasteiger partial charge in [0.05, 0.1) is 0 Å². The van der Waals surface area contributed by atoms with E-state index in [1.165, 1.54) is 6.07 Å². The van der Waals surface area contributed by atoms with Crippen molar-refractivity contribution >= 4 is 5.91 Å². The average Bonchev–Trinajstić information content (AvgIpc) is 2.78. The van der Waals surface area contributed by atoms with Crippen LogP contribution in [0.25, 0.3) is 0 Å². The van der Waals surface area contributed by atoms with Gasteiger partial charge in [0, 0.05) is 25.0 Å². The maximum absolute atomic E-state index is 13.5. The van der Waals surface area contributed by atoms with Crippen LogP contribution in [0.2, 0.25) is 0 Å². The van der Waals surface area contributed by atoms with Crippen LogP contribution < -0.4 is 5.73 Å². The lowest BCUT2D eigenvalue weighted by molar-refractivity contribution is -0.133. The Balaban J connectivity index is 1.98. The highest BCUT2D eigenvalue weighted by Gasteiger charge is 2.27. The minimum Gasteiger partial charge on any atom is -0.341 e. The number of nitrogens with zero attached hydrogens (tertiary/aromatic N) is 1. The van der Waals surface area contributed by atoms with E-state index >= 15 is 0 Å². The largest absolute Gasteiger partial charge is 0.341 e. The van der Waals surface area contributed by atoms with Crippen molar-refractivity contribution in [2.45, 2.75) is 25.8 Å². The maximum Gasteiger partial charge on any atom is 0.225 e. The van der Waals surface area contributed by atoms with Gasteiger partial charge in [-0.05, 0) is 24.5 Å². The Morgan fingerprint density at radius 3 is 2.89 bits per heavy atom. The molecule has 0 saturated carbocycles. The molecule has 0 unspecified atom stereocenters. The van der Waals surface area contributed by atoms with E-state index in [1.54, 1.807) is 23.1 Å². The monoisotopic (exact) mass is 250 g/mol. The predicted octanol–water partition coefficient (Wildman–Crippen LogP) is 1.56. The summed E-state index contributed by atoms with van der Waals surface area (Å²) in [6.45, 7) is 3.20. The molecule has 4 heteroatoms. The number of carbonyl (C=O) groups is 1. The van der Waals surface area contributed by atoms with Crippen molar-refractivity contribution in [3.63, 3.8) is 0 Å². The van der Waals surface area contributed by atoms with Crippen LogP contribution in [0.1, 0.15) is 18.9 Å². The molecule has 1 aromatic rings. The van der Waals surface area contributed by atoms with Crippen LogP contribution in [0.15, 0.2) is 24.3 Å². The molecule has 2 N–H and O–H groups in total. The highest BCUT2D eigenvalue weighted by molar-refractivity contribution is 5.79. The summed E-state index contributed by atoms with van der Waals surface area (Å²) < 4.78 is 13.5. The highest BCUT2D eigenvalue weighted by Crippen LogP contribution is 2.17. The second-order valence-electron chi connectivity index (χ2n) is 5.03. The van der Waals surface area contributed by atoms with Gasteiger partial charge in [0.25, 0.3) is 0 Å². The van der Waals surface area contributed by atoms with E-state index in [9.17, 15) is 9.18 Å². The van der Waals surface area contributed by atoms with Gasteiger partial charge in [-0.25, -0.2) is 4.39 Å². The molecule has 0 aliphatic carbocycles. The van der Waals surface area contributed by atoms with Crippen LogP contribution >= 0.6 is 0 Å². The van der Waals surface area contributed by atoms with Gasteiger partial charge >= 0.3 is 0 Å². The fourth-order valence-corrected chi connectivity index (χ4v) is 2.38. The molecule has 1 amide bonds. The van der Waals surface area contributed by atoms with Crippen LogP contribution in [0.4, 0.5) is 4.39 Å². The van der Waals surface area contributed by atoms with E-state index < -0.39 is 0 Å². The SMILES string of the molecule is C[C@@H](Cc1ccccc1F)C(=O)N1CC[C@@H](N)C1. The molecule has 1 fully saturated rings. The van der Waals surface area contributed by atoms with Crippen molar-refractivity contribution in [3.8, 4) is 0 Å². The summed E-state index contributed by atoms with van der Waals surface area (Å²) in [4.78, 5) is 13.9. The van der Waals surface area contributed by atoms with Crippen LogP contribution in [-0.4, -0.2) is 29.9 Å². The molecule has 0 aromatic heterocycles. The van der Waals surface area contributed by atoms with Crippen molar-refractivity contribution in [1.29, 1.82) is 0 Å². The third-order valence-electron chi connectivity index (χ3n) is 3.44. The summed E-state index contributed by atoms with van der Waals surface area (Å²) in [6.07, 6.45) is 1.30. The van der Waals surface area contributed by atoms with Gasteiger partial charge in [-0.15, -0.1) is 0 Å². The molecule has 2 atom stereocenters. The Hall–Kier alpha value is -1.42. The zero-order valence-electron chi connectivity index (χ0n) is 10.6. The first-order valence-corrected chi connectivity index (χ1v) is 6.35. The summed E-state index contributed by atoms with van der Waals surface area (Å²) in [5, 5.41) is 0. The summed E-state index contributed by atoms with van der Waals surface area (Å²) in [6, 6.07) is 6.70. The van der Waals surface area contributed by atoms with E-state index in [4.69, 9.17) is 5.73 Å². The first kappa shape index (κ1) is 13.0. The number of hydrogen-bond donors (Lipinski definition) is 1. The van der Waals surface area contributed by atoms with Crippen LogP contribution in [0.5, 0.6) is 0 Å². The van der Waals surface area contributed by atoms with Crippen molar-refractivity contribution in [1.82, 2.24) is 4.90 Å². The fraction of sp³-hybridized carbons (Fsp3) is 0.500. The van der Waals surface area contributed by atoms with Crippen molar-refractivity contribution in [2.75, 3.05) is 13.1 Å². The number of amides is 1. The quantitative estimate of drug-likeness (QED) is 0.885. The average molecular weight is 250 g/mol. The topological polar surface area (TPSA) is 46.3 Å². The molecule has 1 aromatic carbocycles. The molecule has 0 radical (unpaired) electrons. The first-order chi connectivity index (χ1) is 8.58. The predicted molar refractivity (Wildman–Crippen MR) is 68.4 cm³/mol. The molecule has 1 aliphatic heterocycles. The number of carbonyl (C=O) groups excluding carboxylic acids is 1. The molecule has 1 aliphatic rings. The van der Waals surface area contributed by atoms with Gasteiger partial charge in [0.2, 0.25) is 5.91 Å². The second kappa shape index (κ2) is 5.48. The third-order valence-corrected chi connectivity index (χ3v) is 3.44. The number of benzene rings is 1. The zero-order valence-corrected chi connectivity index (χ0v) is 10.6. The Labute approximate surface area is 107 Å². The number of halogens is 1. The molecule has 3 nitrogen and oxygen atoms in total. The standard InChI is InChI=1S/C14H19FN2O/c1-10(8-11-4-2-3-5-13(11)15)14(18)17-7-6-12(16)9-17/h2-5,10,12H,6-9,16H2,1H3/t10-,12+/m0/s1. The van der Waals surface area contributed by atoms with Crippen LogP contribution in [0, 0.1) is 11.7 Å². The number of rotatable bonds is 3. The minimum absolute atomic E-state index is 0.0752. The fourth-order valence-electron chi connectivity index (χ4n) is 2.38. The Morgan fingerprint density at radius 1 is 1.56 bits per heavy atom. The van der Waals surface area contributed by atoms with E-state index in [-0.39, 0.29) is 23.7 Å². The van der Waals surface area contributed by atoms with Crippen molar-refractivity contribution in [2.24, 2.45) is 11.7 Å². The van der Waals surface area contributed by atoms with Gasteiger partial charge in [0.15, 0.2) is 0 Å². The smallest absolute Gasteiger partial charge is 0.225 e. The lowest BCUT2D eigenvalue weighted by Crippen LogP contribution is -2.36. The zero-order chi connectivity index (χ0) is 13.1. The maximum atomic E-state index is 13.5. The van der Waals surface area contributed by atoms with Crippen LogP contribution in [-0.2, 0) is 11.2 Å². The number of likely N-dealkylation sites (tertiary alicyclic amines) is 1. The molecule has 2 rings (SSSR count). The van der Waals surface area contributed by atoms with Gasteiger partial charge < -0.3 is 10.6 Å². The Morgan fingerprint density at radius 2 is 2.28 bits per heavy atom. The lowest BCUT2D eigenvalue weighted by Gasteiger charge is -2.20. The van der Waals surface area contributed by atoms with Crippen molar-refractivity contribution < 1.29 is 9.18 Å². The second-order valence-corrected chi connectivity index (χ2v) is 5.03. The third kappa shape index (κ3) is 2.88. The van der Waals surface area contributed by atoms with Gasteiger partial charge in [-0.2, -0.15) is 0 Å². The van der Waals surface area contributed by atoms with Gasteiger partial charge in [-0.3, -0.25) is 4.79 Å². The molecule has 1 saturated heterocycles. The molecule has 18 heavy (non-hydrogen) atoms. The van der Waals surface area contributed by atoms with Gasteiger partial charge in [0.1, 0.15) is 5.82 Å². The molecular weight excluding hydrogens is 231 g/mol. The summed E-state index contributed by atoms with van der Waals surface area (Å²) in [7, 11) is 0. The Kier molecular flexibility index (Phi) is 3.97. The molecule has 0 spiro atoms. The summed E-state index contributed by atoms with van der Waals surface area (Å²) in [5.41, 5.74) is 6.38. The number of hydrogen-bond acceptors (Lipinski definition) is 2. The lowest BCUT2D eigenvalue weighted by atomic mass is 9.99. The van der Waals surface area contributed by atoms with Gasteiger partial charge in [-0.1, -0.05) is 25.1 Å².